The summed E-state index contributed by atoms with van der Waals surface area (Å²) in [5.41, 5.74) is 0.720. The minimum Gasteiger partial charge on any atom is -0.493 e. The maximum absolute atomic E-state index is 11.8. The van der Waals surface area contributed by atoms with Gasteiger partial charge >= 0.3 is 5.97 Å². The van der Waals surface area contributed by atoms with Gasteiger partial charge in [-0.25, -0.2) is 0 Å². The Morgan fingerprint density at radius 2 is 2.04 bits per heavy atom. The number of ether oxygens (including phenoxy) is 4. The highest BCUT2D eigenvalue weighted by Crippen LogP contribution is 2.27. The Hall–Kier alpha value is -2.28. The maximum Gasteiger partial charge on any atom is 0.310 e. The summed E-state index contributed by atoms with van der Waals surface area (Å²) < 4.78 is 20.7. The van der Waals surface area contributed by atoms with Crippen LogP contribution in [-0.4, -0.2) is 52.0 Å². The van der Waals surface area contributed by atoms with E-state index in [1.165, 1.54) is 7.11 Å². The SMILES string of the molecule is COc1ccc(CC(=O)OCC(=O)NC[C@@H]2CCCO2)cc1OC. The zero-order chi connectivity index (χ0) is 17.4. The highest BCUT2D eigenvalue weighted by Gasteiger charge is 2.17. The number of hydrogen-bond acceptors (Lipinski definition) is 6. The maximum atomic E-state index is 11.8. The van der Waals surface area contributed by atoms with E-state index in [-0.39, 0.29) is 25.0 Å². The van der Waals surface area contributed by atoms with E-state index in [0.29, 0.717) is 18.0 Å². The van der Waals surface area contributed by atoms with Crippen LogP contribution >= 0.6 is 0 Å². The summed E-state index contributed by atoms with van der Waals surface area (Å²) in [7, 11) is 3.07. The van der Waals surface area contributed by atoms with Gasteiger partial charge in [0, 0.05) is 13.2 Å². The van der Waals surface area contributed by atoms with Crippen molar-refractivity contribution in [3.05, 3.63) is 23.8 Å². The van der Waals surface area contributed by atoms with Gasteiger partial charge in [0.25, 0.3) is 5.91 Å². The molecule has 0 radical (unpaired) electrons. The molecule has 0 spiro atoms. The molecule has 1 aromatic rings. The molecular formula is C17H23NO6. The summed E-state index contributed by atoms with van der Waals surface area (Å²) in [6.07, 6.45) is 2.08. The Bertz CT molecular complexity index is 568. The van der Waals surface area contributed by atoms with Crippen LogP contribution in [0, 0.1) is 0 Å². The topological polar surface area (TPSA) is 83.1 Å². The number of nitrogens with one attached hydrogen (secondary N) is 1. The Balaban J connectivity index is 1.73. The summed E-state index contributed by atoms with van der Waals surface area (Å²) >= 11 is 0. The van der Waals surface area contributed by atoms with Crippen LogP contribution in [0.3, 0.4) is 0 Å². The van der Waals surface area contributed by atoms with Gasteiger partial charge < -0.3 is 24.3 Å². The van der Waals surface area contributed by atoms with Crippen LogP contribution < -0.4 is 14.8 Å². The second-order valence-electron chi connectivity index (χ2n) is 5.47. The quantitative estimate of drug-likeness (QED) is 0.715. The van der Waals surface area contributed by atoms with Crippen molar-refractivity contribution >= 4 is 11.9 Å². The minimum atomic E-state index is -0.477. The van der Waals surface area contributed by atoms with Gasteiger partial charge in [-0.15, -0.1) is 0 Å². The van der Waals surface area contributed by atoms with Crippen LogP contribution in [0.25, 0.3) is 0 Å². The second kappa shape index (κ2) is 9.12. The van der Waals surface area contributed by atoms with Gasteiger partial charge in [-0.2, -0.15) is 0 Å². The first-order valence-electron chi connectivity index (χ1n) is 7.87. The fraction of sp³-hybridized carbons (Fsp3) is 0.529. The summed E-state index contributed by atoms with van der Waals surface area (Å²) in [5, 5.41) is 2.70. The third-order valence-electron chi connectivity index (χ3n) is 3.71. The van der Waals surface area contributed by atoms with Crippen molar-refractivity contribution in [2.24, 2.45) is 0 Å². The Morgan fingerprint density at radius 1 is 1.25 bits per heavy atom. The number of esters is 1. The van der Waals surface area contributed by atoms with Gasteiger partial charge in [-0.05, 0) is 30.5 Å². The molecule has 1 heterocycles. The lowest BCUT2D eigenvalue weighted by atomic mass is 10.1. The number of hydrogen-bond donors (Lipinski definition) is 1. The zero-order valence-corrected chi connectivity index (χ0v) is 14.0. The molecule has 1 amide bonds. The first kappa shape index (κ1) is 18.1. The first-order valence-corrected chi connectivity index (χ1v) is 7.87. The van der Waals surface area contributed by atoms with Crippen LogP contribution in [-0.2, 0) is 25.5 Å². The van der Waals surface area contributed by atoms with Gasteiger partial charge in [-0.3, -0.25) is 9.59 Å². The average molecular weight is 337 g/mol. The molecule has 24 heavy (non-hydrogen) atoms. The Labute approximate surface area is 141 Å². The summed E-state index contributed by atoms with van der Waals surface area (Å²) in [5.74, 6) is 0.320. The smallest absolute Gasteiger partial charge is 0.310 e. The van der Waals surface area contributed by atoms with E-state index in [0.717, 1.165) is 25.0 Å². The lowest BCUT2D eigenvalue weighted by molar-refractivity contribution is -0.148. The van der Waals surface area contributed by atoms with E-state index in [9.17, 15) is 9.59 Å². The molecule has 0 aliphatic carbocycles. The van der Waals surface area contributed by atoms with E-state index in [4.69, 9.17) is 18.9 Å². The van der Waals surface area contributed by atoms with Crippen molar-refractivity contribution in [3.8, 4) is 11.5 Å². The summed E-state index contributed by atoms with van der Waals surface area (Å²) in [6, 6.07) is 5.17. The highest BCUT2D eigenvalue weighted by atomic mass is 16.5. The summed E-state index contributed by atoms with van der Waals surface area (Å²) in [6.45, 7) is 0.895. The Morgan fingerprint density at radius 3 is 2.71 bits per heavy atom. The predicted molar refractivity (Wildman–Crippen MR) is 86.2 cm³/mol. The van der Waals surface area contributed by atoms with E-state index in [2.05, 4.69) is 5.32 Å². The number of carbonyl (C=O) groups is 2. The van der Waals surface area contributed by atoms with Crippen molar-refractivity contribution in [3.63, 3.8) is 0 Å². The van der Waals surface area contributed by atoms with Crippen LogP contribution in [0.4, 0.5) is 0 Å². The largest absolute Gasteiger partial charge is 0.493 e. The standard InChI is InChI=1S/C17H23NO6/c1-21-14-6-5-12(8-15(14)22-2)9-17(20)24-11-16(19)18-10-13-4-3-7-23-13/h5-6,8,13H,3-4,7,9-11H2,1-2H3,(H,18,19)/t13-/m0/s1. The number of benzene rings is 1. The molecule has 7 heteroatoms. The molecule has 1 atom stereocenters. The molecule has 1 aliphatic rings. The molecule has 2 rings (SSSR count). The number of rotatable bonds is 8. The van der Waals surface area contributed by atoms with Crippen LogP contribution in [0.1, 0.15) is 18.4 Å². The van der Waals surface area contributed by atoms with Gasteiger partial charge in [0.15, 0.2) is 18.1 Å². The van der Waals surface area contributed by atoms with Crippen molar-refractivity contribution in [1.29, 1.82) is 0 Å². The molecule has 0 bridgehead atoms. The van der Waals surface area contributed by atoms with Crippen molar-refractivity contribution in [2.45, 2.75) is 25.4 Å². The average Bonchev–Trinajstić information content (AvgIpc) is 3.11. The second-order valence-corrected chi connectivity index (χ2v) is 5.47. The Kier molecular flexibility index (Phi) is 6.87. The summed E-state index contributed by atoms with van der Waals surface area (Å²) in [4.78, 5) is 23.5. The minimum absolute atomic E-state index is 0.0549. The van der Waals surface area contributed by atoms with Gasteiger partial charge in [-0.1, -0.05) is 6.07 Å². The first-order chi connectivity index (χ1) is 11.6. The lowest BCUT2D eigenvalue weighted by Gasteiger charge is -2.11. The number of amides is 1. The van der Waals surface area contributed by atoms with Crippen LogP contribution in [0.15, 0.2) is 18.2 Å². The third-order valence-corrected chi connectivity index (χ3v) is 3.71. The highest BCUT2D eigenvalue weighted by molar-refractivity contribution is 5.81. The normalized spacial score (nSPS) is 16.5. The molecule has 1 aromatic carbocycles. The molecule has 1 saturated heterocycles. The van der Waals surface area contributed by atoms with Crippen LogP contribution in [0.5, 0.6) is 11.5 Å². The zero-order valence-electron chi connectivity index (χ0n) is 14.0. The molecule has 1 N–H and O–H groups in total. The fourth-order valence-corrected chi connectivity index (χ4v) is 2.44. The predicted octanol–water partition coefficient (Wildman–Crippen LogP) is 1.08. The van der Waals surface area contributed by atoms with E-state index in [1.807, 2.05) is 0 Å². The lowest BCUT2D eigenvalue weighted by Crippen LogP contribution is -2.35. The molecule has 132 valence electrons. The number of carbonyl (C=O) groups excluding carboxylic acids is 2. The van der Waals surface area contributed by atoms with Crippen LogP contribution in [0.2, 0.25) is 0 Å². The molecular weight excluding hydrogens is 314 g/mol. The van der Waals surface area contributed by atoms with E-state index >= 15 is 0 Å². The van der Waals surface area contributed by atoms with E-state index < -0.39 is 5.97 Å². The molecule has 0 aromatic heterocycles. The molecule has 0 unspecified atom stereocenters. The molecule has 0 saturated carbocycles. The van der Waals surface area contributed by atoms with E-state index in [1.54, 1.807) is 25.3 Å². The van der Waals surface area contributed by atoms with Crippen molar-refractivity contribution in [1.82, 2.24) is 5.32 Å². The molecule has 7 nitrogen and oxygen atoms in total. The monoisotopic (exact) mass is 337 g/mol. The third kappa shape index (κ3) is 5.42. The van der Waals surface area contributed by atoms with Crippen molar-refractivity contribution in [2.75, 3.05) is 34.0 Å². The molecule has 1 fully saturated rings. The van der Waals surface area contributed by atoms with Gasteiger partial charge in [0.2, 0.25) is 0 Å². The van der Waals surface area contributed by atoms with Crippen molar-refractivity contribution < 1.29 is 28.5 Å². The van der Waals surface area contributed by atoms with Gasteiger partial charge in [0.1, 0.15) is 0 Å². The number of methoxy groups -OCH3 is 2. The van der Waals surface area contributed by atoms with Gasteiger partial charge in [0.05, 0.1) is 26.7 Å². The molecule has 1 aliphatic heterocycles. The fourth-order valence-electron chi connectivity index (χ4n) is 2.44.